The lowest BCUT2D eigenvalue weighted by atomic mass is 10.1. The molecular formula is C14H21N5O. The summed E-state index contributed by atoms with van der Waals surface area (Å²) in [6.45, 7) is 5.19. The molecule has 2 N–H and O–H groups in total. The number of carbonyl (C=O) groups is 1. The highest BCUT2D eigenvalue weighted by molar-refractivity contribution is 6.00. The number of nitrogens with two attached hydrogens (primary N) is 1. The van der Waals surface area contributed by atoms with Crippen LogP contribution >= 0.6 is 0 Å². The molecule has 0 aromatic carbocycles. The Kier molecular flexibility index (Phi) is 4.68. The third-order valence-electron chi connectivity index (χ3n) is 3.57. The Morgan fingerprint density at radius 1 is 1.40 bits per heavy atom. The molecule has 2 rings (SSSR count). The van der Waals surface area contributed by atoms with Crippen molar-refractivity contribution in [1.82, 2.24) is 19.5 Å². The van der Waals surface area contributed by atoms with Crippen LogP contribution in [0.2, 0.25) is 0 Å². The van der Waals surface area contributed by atoms with Gasteiger partial charge in [-0.2, -0.15) is 5.10 Å². The second-order valence-corrected chi connectivity index (χ2v) is 4.72. The first-order chi connectivity index (χ1) is 9.72. The second kappa shape index (κ2) is 6.47. The number of amides is 1. The van der Waals surface area contributed by atoms with E-state index in [1.165, 1.54) is 0 Å². The van der Waals surface area contributed by atoms with Gasteiger partial charge in [-0.3, -0.25) is 9.78 Å². The van der Waals surface area contributed by atoms with Gasteiger partial charge in [-0.25, -0.2) is 4.52 Å². The SMILES string of the molecule is CCC(CC)N(CCN)C(=O)c1cnn2ccncc12. The van der Waals surface area contributed by atoms with Crippen molar-refractivity contribution in [2.75, 3.05) is 13.1 Å². The van der Waals surface area contributed by atoms with Gasteiger partial charge in [-0.15, -0.1) is 0 Å². The molecule has 108 valence electrons. The van der Waals surface area contributed by atoms with Gasteiger partial charge < -0.3 is 10.6 Å². The number of fused-ring (bicyclic) bond motifs is 1. The highest BCUT2D eigenvalue weighted by atomic mass is 16.2. The maximum atomic E-state index is 12.8. The van der Waals surface area contributed by atoms with Gasteiger partial charge in [0.05, 0.1) is 23.5 Å². The van der Waals surface area contributed by atoms with Crippen molar-refractivity contribution < 1.29 is 4.79 Å². The molecule has 0 saturated heterocycles. The largest absolute Gasteiger partial charge is 0.334 e. The quantitative estimate of drug-likeness (QED) is 0.862. The van der Waals surface area contributed by atoms with E-state index in [0.29, 0.717) is 18.7 Å². The number of aromatic nitrogens is 3. The molecule has 0 spiro atoms. The minimum absolute atomic E-state index is 0.0212. The third-order valence-corrected chi connectivity index (χ3v) is 3.57. The summed E-state index contributed by atoms with van der Waals surface area (Å²) in [7, 11) is 0. The number of hydrogen-bond acceptors (Lipinski definition) is 4. The van der Waals surface area contributed by atoms with Crippen LogP contribution in [0.15, 0.2) is 24.8 Å². The maximum Gasteiger partial charge on any atom is 0.258 e. The predicted molar refractivity (Wildman–Crippen MR) is 77.4 cm³/mol. The first kappa shape index (κ1) is 14.5. The van der Waals surface area contributed by atoms with E-state index in [9.17, 15) is 4.79 Å². The van der Waals surface area contributed by atoms with E-state index in [-0.39, 0.29) is 11.9 Å². The molecule has 20 heavy (non-hydrogen) atoms. The standard InChI is InChI=1S/C14H21N5O/c1-3-11(4-2)18(7-5-15)14(20)12-9-17-19-8-6-16-10-13(12)19/h6,8-11H,3-5,7,15H2,1-2H3. The summed E-state index contributed by atoms with van der Waals surface area (Å²) in [5.41, 5.74) is 6.96. The molecule has 0 radical (unpaired) electrons. The maximum absolute atomic E-state index is 12.8. The van der Waals surface area contributed by atoms with E-state index < -0.39 is 0 Å². The topological polar surface area (TPSA) is 76.5 Å². The fourth-order valence-electron chi connectivity index (χ4n) is 2.47. The van der Waals surface area contributed by atoms with Crippen molar-refractivity contribution >= 4 is 11.4 Å². The van der Waals surface area contributed by atoms with Crippen LogP contribution < -0.4 is 5.73 Å². The molecule has 2 aromatic rings. The van der Waals surface area contributed by atoms with Crippen LogP contribution in [-0.2, 0) is 0 Å². The van der Waals surface area contributed by atoms with Crippen molar-refractivity contribution in [3.63, 3.8) is 0 Å². The lowest BCUT2D eigenvalue weighted by Gasteiger charge is -2.30. The molecule has 1 amide bonds. The Balaban J connectivity index is 2.36. The zero-order valence-electron chi connectivity index (χ0n) is 12.0. The van der Waals surface area contributed by atoms with E-state index in [1.807, 2.05) is 4.90 Å². The Morgan fingerprint density at radius 3 is 2.80 bits per heavy atom. The number of rotatable bonds is 6. The van der Waals surface area contributed by atoms with Crippen LogP contribution in [0, 0.1) is 0 Å². The molecule has 0 aliphatic carbocycles. The molecule has 6 heteroatoms. The molecule has 0 unspecified atom stereocenters. The fourth-order valence-corrected chi connectivity index (χ4v) is 2.47. The molecule has 0 fully saturated rings. The fraction of sp³-hybridized carbons (Fsp3) is 0.500. The second-order valence-electron chi connectivity index (χ2n) is 4.72. The predicted octanol–water partition coefficient (Wildman–Crippen LogP) is 1.32. The lowest BCUT2D eigenvalue weighted by Crippen LogP contribution is -2.42. The van der Waals surface area contributed by atoms with Gasteiger partial charge in [0.25, 0.3) is 5.91 Å². The van der Waals surface area contributed by atoms with Crippen molar-refractivity contribution in [3.8, 4) is 0 Å². The van der Waals surface area contributed by atoms with Crippen LogP contribution in [-0.4, -0.2) is 44.5 Å². The van der Waals surface area contributed by atoms with Crippen LogP contribution in [0.4, 0.5) is 0 Å². The van der Waals surface area contributed by atoms with Gasteiger partial charge in [-0.05, 0) is 12.8 Å². The molecule has 6 nitrogen and oxygen atoms in total. The Hall–Kier alpha value is -1.95. The number of hydrogen-bond donors (Lipinski definition) is 1. The van der Waals surface area contributed by atoms with Crippen LogP contribution in [0.5, 0.6) is 0 Å². The summed E-state index contributed by atoms with van der Waals surface area (Å²) in [6.07, 6.45) is 8.47. The lowest BCUT2D eigenvalue weighted by molar-refractivity contribution is 0.0676. The summed E-state index contributed by atoms with van der Waals surface area (Å²) in [5.74, 6) is -0.0212. The summed E-state index contributed by atoms with van der Waals surface area (Å²) in [6, 6.07) is 0.206. The van der Waals surface area contributed by atoms with Crippen LogP contribution in [0.25, 0.3) is 5.52 Å². The minimum Gasteiger partial charge on any atom is -0.334 e. The van der Waals surface area contributed by atoms with Gasteiger partial charge in [0.2, 0.25) is 0 Å². The Morgan fingerprint density at radius 2 is 2.15 bits per heavy atom. The summed E-state index contributed by atoms with van der Waals surface area (Å²) in [4.78, 5) is 18.7. The molecule has 2 aromatic heterocycles. The molecule has 0 bridgehead atoms. The smallest absolute Gasteiger partial charge is 0.258 e. The van der Waals surface area contributed by atoms with Crippen molar-refractivity contribution in [2.45, 2.75) is 32.7 Å². The molecular weight excluding hydrogens is 254 g/mol. The highest BCUT2D eigenvalue weighted by Crippen LogP contribution is 2.16. The van der Waals surface area contributed by atoms with E-state index in [2.05, 4.69) is 23.9 Å². The van der Waals surface area contributed by atoms with E-state index in [4.69, 9.17) is 5.73 Å². The molecule has 0 saturated carbocycles. The molecule has 2 heterocycles. The van der Waals surface area contributed by atoms with Gasteiger partial charge in [0.15, 0.2) is 0 Å². The highest BCUT2D eigenvalue weighted by Gasteiger charge is 2.24. The minimum atomic E-state index is -0.0212. The summed E-state index contributed by atoms with van der Waals surface area (Å²) in [5, 5.41) is 4.19. The zero-order chi connectivity index (χ0) is 14.5. The van der Waals surface area contributed by atoms with Gasteiger partial charge in [0, 0.05) is 31.5 Å². The van der Waals surface area contributed by atoms with Gasteiger partial charge >= 0.3 is 0 Å². The average molecular weight is 275 g/mol. The Labute approximate surface area is 118 Å². The van der Waals surface area contributed by atoms with E-state index in [0.717, 1.165) is 18.4 Å². The normalized spacial score (nSPS) is 11.2. The van der Waals surface area contributed by atoms with E-state index in [1.54, 1.807) is 29.3 Å². The molecule has 0 atom stereocenters. The number of carbonyl (C=O) groups excluding carboxylic acids is 1. The zero-order valence-corrected chi connectivity index (χ0v) is 12.0. The van der Waals surface area contributed by atoms with Crippen LogP contribution in [0.3, 0.4) is 0 Å². The van der Waals surface area contributed by atoms with Crippen LogP contribution in [0.1, 0.15) is 37.0 Å². The number of nitrogens with zero attached hydrogens (tertiary/aromatic N) is 4. The molecule has 0 aliphatic rings. The average Bonchev–Trinajstić information content (AvgIpc) is 2.91. The first-order valence-corrected chi connectivity index (χ1v) is 7.01. The summed E-state index contributed by atoms with van der Waals surface area (Å²) < 4.78 is 1.66. The Bertz CT molecular complexity index is 576. The van der Waals surface area contributed by atoms with Gasteiger partial charge in [0.1, 0.15) is 0 Å². The van der Waals surface area contributed by atoms with E-state index >= 15 is 0 Å². The van der Waals surface area contributed by atoms with Gasteiger partial charge in [-0.1, -0.05) is 13.8 Å². The summed E-state index contributed by atoms with van der Waals surface area (Å²) >= 11 is 0. The third kappa shape index (κ3) is 2.65. The molecule has 0 aliphatic heterocycles. The van der Waals surface area contributed by atoms with Crippen molar-refractivity contribution in [1.29, 1.82) is 0 Å². The monoisotopic (exact) mass is 275 g/mol. The van der Waals surface area contributed by atoms with Crippen molar-refractivity contribution in [2.24, 2.45) is 5.73 Å². The van der Waals surface area contributed by atoms with Crippen molar-refractivity contribution in [3.05, 3.63) is 30.4 Å². The first-order valence-electron chi connectivity index (χ1n) is 7.01.